The van der Waals surface area contributed by atoms with Gasteiger partial charge in [0.25, 0.3) is 0 Å². The molecule has 0 atom stereocenters. The molecule has 86 valence electrons. The molecule has 4 nitrogen and oxygen atoms in total. The Morgan fingerprint density at radius 2 is 2.19 bits per heavy atom. The normalized spacial score (nSPS) is 9.62. The lowest BCUT2D eigenvalue weighted by Gasteiger charge is -2.00. The van der Waals surface area contributed by atoms with Gasteiger partial charge in [0.2, 0.25) is 5.95 Å². The SMILES string of the molecule is CNc1cnn(Cc2ccc(F)nc2)c1.Cl. The van der Waals surface area contributed by atoms with Gasteiger partial charge >= 0.3 is 0 Å². The molecular weight excluding hydrogens is 231 g/mol. The quantitative estimate of drug-likeness (QED) is 0.837. The first-order valence-electron chi connectivity index (χ1n) is 4.58. The average Bonchev–Trinajstić information content (AvgIpc) is 2.69. The third-order valence-electron chi connectivity index (χ3n) is 2.06. The van der Waals surface area contributed by atoms with E-state index in [9.17, 15) is 4.39 Å². The van der Waals surface area contributed by atoms with Crippen molar-refractivity contribution >= 4 is 18.1 Å². The van der Waals surface area contributed by atoms with Crippen molar-refractivity contribution in [2.45, 2.75) is 6.54 Å². The molecule has 2 aromatic rings. The lowest BCUT2D eigenvalue weighted by Crippen LogP contribution is -2.00. The number of hydrogen-bond acceptors (Lipinski definition) is 3. The predicted molar refractivity (Wildman–Crippen MR) is 62.3 cm³/mol. The van der Waals surface area contributed by atoms with Crippen molar-refractivity contribution in [1.82, 2.24) is 14.8 Å². The third-order valence-corrected chi connectivity index (χ3v) is 2.06. The van der Waals surface area contributed by atoms with Gasteiger partial charge in [-0.15, -0.1) is 12.4 Å². The largest absolute Gasteiger partial charge is 0.386 e. The molecule has 1 N–H and O–H groups in total. The number of rotatable bonds is 3. The fourth-order valence-corrected chi connectivity index (χ4v) is 1.27. The smallest absolute Gasteiger partial charge is 0.212 e. The van der Waals surface area contributed by atoms with Gasteiger partial charge in [-0.1, -0.05) is 6.07 Å². The summed E-state index contributed by atoms with van der Waals surface area (Å²) in [5.41, 5.74) is 1.87. The zero-order valence-corrected chi connectivity index (χ0v) is 9.54. The monoisotopic (exact) mass is 242 g/mol. The van der Waals surface area contributed by atoms with E-state index >= 15 is 0 Å². The van der Waals surface area contributed by atoms with Gasteiger partial charge in [0.05, 0.1) is 18.4 Å². The molecule has 16 heavy (non-hydrogen) atoms. The molecule has 0 amide bonds. The van der Waals surface area contributed by atoms with E-state index in [1.165, 1.54) is 12.3 Å². The molecule has 2 rings (SSSR count). The summed E-state index contributed by atoms with van der Waals surface area (Å²) in [6.45, 7) is 0.592. The van der Waals surface area contributed by atoms with E-state index in [2.05, 4.69) is 15.4 Å². The fraction of sp³-hybridized carbons (Fsp3) is 0.200. The highest BCUT2D eigenvalue weighted by Crippen LogP contribution is 2.06. The maximum Gasteiger partial charge on any atom is 0.212 e. The summed E-state index contributed by atoms with van der Waals surface area (Å²) in [6.07, 6.45) is 5.12. The van der Waals surface area contributed by atoms with Crippen LogP contribution in [-0.4, -0.2) is 21.8 Å². The van der Waals surface area contributed by atoms with E-state index in [0.29, 0.717) is 6.54 Å². The van der Waals surface area contributed by atoms with E-state index < -0.39 is 5.95 Å². The Kier molecular flexibility index (Phi) is 4.25. The van der Waals surface area contributed by atoms with Crippen LogP contribution in [0.15, 0.2) is 30.7 Å². The number of aromatic nitrogens is 3. The maximum atomic E-state index is 12.5. The average molecular weight is 243 g/mol. The minimum atomic E-state index is -0.463. The van der Waals surface area contributed by atoms with Crippen molar-refractivity contribution < 1.29 is 4.39 Å². The number of nitrogens with one attached hydrogen (secondary N) is 1. The topological polar surface area (TPSA) is 42.7 Å². The third kappa shape index (κ3) is 2.93. The van der Waals surface area contributed by atoms with Crippen LogP contribution in [-0.2, 0) is 6.54 Å². The van der Waals surface area contributed by atoms with Crippen molar-refractivity contribution in [3.63, 3.8) is 0 Å². The lowest BCUT2D eigenvalue weighted by atomic mass is 10.3. The van der Waals surface area contributed by atoms with Gasteiger partial charge in [0, 0.05) is 19.4 Å². The molecule has 0 saturated heterocycles. The molecule has 0 saturated carbocycles. The lowest BCUT2D eigenvalue weighted by molar-refractivity contribution is 0.579. The molecule has 6 heteroatoms. The van der Waals surface area contributed by atoms with E-state index in [1.807, 2.05) is 13.2 Å². The number of anilines is 1. The van der Waals surface area contributed by atoms with Crippen LogP contribution in [0.2, 0.25) is 0 Å². The zero-order chi connectivity index (χ0) is 10.7. The van der Waals surface area contributed by atoms with Crippen LogP contribution in [0.1, 0.15) is 5.56 Å². The van der Waals surface area contributed by atoms with Crippen LogP contribution >= 0.6 is 12.4 Å². The second-order valence-corrected chi connectivity index (χ2v) is 3.17. The van der Waals surface area contributed by atoms with Gasteiger partial charge in [-0.2, -0.15) is 9.49 Å². The Morgan fingerprint density at radius 1 is 1.38 bits per heavy atom. The summed E-state index contributed by atoms with van der Waals surface area (Å²) in [4.78, 5) is 3.58. The molecule has 0 aliphatic rings. The molecule has 0 aromatic carbocycles. The zero-order valence-electron chi connectivity index (χ0n) is 8.72. The molecule has 2 heterocycles. The number of pyridine rings is 1. The van der Waals surface area contributed by atoms with Crippen LogP contribution in [0.25, 0.3) is 0 Å². The van der Waals surface area contributed by atoms with Crippen molar-refractivity contribution in [1.29, 1.82) is 0 Å². The fourth-order valence-electron chi connectivity index (χ4n) is 1.27. The standard InChI is InChI=1S/C10H11FN4.ClH/c1-12-9-5-14-15(7-9)6-8-2-3-10(11)13-4-8;/h2-5,7,12H,6H2,1H3;1H. The van der Waals surface area contributed by atoms with E-state index in [1.54, 1.807) is 16.9 Å². The van der Waals surface area contributed by atoms with Crippen molar-refractivity contribution in [2.75, 3.05) is 12.4 Å². The van der Waals surface area contributed by atoms with Crippen LogP contribution in [0.3, 0.4) is 0 Å². The summed E-state index contributed by atoms with van der Waals surface area (Å²) < 4.78 is 14.3. The summed E-state index contributed by atoms with van der Waals surface area (Å²) in [5, 5.41) is 7.12. The number of halogens is 2. The maximum absolute atomic E-state index is 12.5. The Morgan fingerprint density at radius 3 is 2.75 bits per heavy atom. The summed E-state index contributed by atoms with van der Waals surface area (Å²) in [6, 6.07) is 3.04. The summed E-state index contributed by atoms with van der Waals surface area (Å²) in [7, 11) is 1.83. The minimum absolute atomic E-state index is 0. The van der Waals surface area contributed by atoms with Gasteiger partial charge in [0.1, 0.15) is 0 Å². The second-order valence-electron chi connectivity index (χ2n) is 3.17. The second kappa shape index (κ2) is 5.46. The van der Waals surface area contributed by atoms with Crippen LogP contribution in [0, 0.1) is 5.95 Å². The first kappa shape index (κ1) is 12.4. The molecule has 0 unspecified atom stereocenters. The highest BCUT2D eigenvalue weighted by Gasteiger charge is 1.99. The highest BCUT2D eigenvalue weighted by atomic mass is 35.5. The number of hydrogen-bond donors (Lipinski definition) is 1. The van der Waals surface area contributed by atoms with Crippen LogP contribution < -0.4 is 5.32 Å². The Labute approximate surface area is 98.9 Å². The molecule has 0 bridgehead atoms. The van der Waals surface area contributed by atoms with Gasteiger partial charge < -0.3 is 5.32 Å². The van der Waals surface area contributed by atoms with Crippen molar-refractivity contribution in [2.24, 2.45) is 0 Å². The Bertz CT molecular complexity index is 440. The molecule has 0 radical (unpaired) electrons. The van der Waals surface area contributed by atoms with Crippen molar-refractivity contribution in [3.05, 3.63) is 42.2 Å². The predicted octanol–water partition coefficient (Wildman–Crippen LogP) is 1.93. The van der Waals surface area contributed by atoms with Gasteiger partial charge in [-0.05, 0) is 11.6 Å². The number of nitrogens with zero attached hydrogens (tertiary/aromatic N) is 3. The summed E-state index contributed by atoms with van der Waals surface area (Å²) >= 11 is 0. The molecule has 0 spiro atoms. The van der Waals surface area contributed by atoms with Gasteiger partial charge in [-0.25, -0.2) is 4.98 Å². The van der Waals surface area contributed by atoms with Crippen LogP contribution in [0.4, 0.5) is 10.1 Å². The molecule has 2 aromatic heterocycles. The van der Waals surface area contributed by atoms with E-state index in [-0.39, 0.29) is 12.4 Å². The molecule has 0 aliphatic heterocycles. The first-order chi connectivity index (χ1) is 7.28. The summed E-state index contributed by atoms with van der Waals surface area (Å²) in [5.74, 6) is -0.463. The van der Waals surface area contributed by atoms with Crippen LogP contribution in [0.5, 0.6) is 0 Å². The highest BCUT2D eigenvalue weighted by molar-refractivity contribution is 5.85. The van der Waals surface area contributed by atoms with E-state index in [4.69, 9.17) is 0 Å². The van der Waals surface area contributed by atoms with Gasteiger partial charge in [0.15, 0.2) is 0 Å². The van der Waals surface area contributed by atoms with E-state index in [0.717, 1.165) is 11.3 Å². The molecule has 0 fully saturated rings. The van der Waals surface area contributed by atoms with Gasteiger partial charge in [-0.3, -0.25) is 4.68 Å². The molecule has 0 aliphatic carbocycles. The Hall–Kier alpha value is -1.62. The van der Waals surface area contributed by atoms with Crippen molar-refractivity contribution in [3.8, 4) is 0 Å². The molecular formula is C10H12ClFN4. The Balaban J connectivity index is 0.00000128. The first-order valence-corrected chi connectivity index (χ1v) is 4.58. The minimum Gasteiger partial charge on any atom is -0.386 e.